The van der Waals surface area contributed by atoms with Crippen LogP contribution in [0.3, 0.4) is 0 Å². The van der Waals surface area contributed by atoms with Crippen molar-refractivity contribution in [2.45, 2.75) is 6.04 Å². The van der Waals surface area contributed by atoms with E-state index in [9.17, 15) is 14.9 Å². The molecule has 0 saturated carbocycles. The molecule has 7 heteroatoms. The third-order valence-corrected chi connectivity index (χ3v) is 2.69. The molecular formula is C10H10ClN3O3. The number of nitrogens with zero attached hydrogens (tertiary/aromatic N) is 1. The van der Waals surface area contributed by atoms with Crippen molar-refractivity contribution in [3.8, 4) is 0 Å². The van der Waals surface area contributed by atoms with Crippen LogP contribution < -0.4 is 10.6 Å². The molecule has 90 valence electrons. The molecule has 1 aliphatic rings. The summed E-state index contributed by atoms with van der Waals surface area (Å²) in [6.45, 7) is 1.43. The van der Waals surface area contributed by atoms with Gasteiger partial charge in [0.2, 0.25) is 0 Å². The third-order valence-electron chi connectivity index (χ3n) is 2.47. The van der Waals surface area contributed by atoms with Crippen LogP contribution in [0.2, 0.25) is 5.02 Å². The number of non-ortho nitro benzene ring substituents is 1. The summed E-state index contributed by atoms with van der Waals surface area (Å²) in [6, 6.07) is 3.92. The van der Waals surface area contributed by atoms with Crippen LogP contribution in [-0.4, -0.2) is 30.0 Å². The highest BCUT2D eigenvalue weighted by molar-refractivity contribution is 6.31. The van der Waals surface area contributed by atoms with E-state index in [1.807, 2.05) is 0 Å². The first-order chi connectivity index (χ1) is 8.06. The molecular weight excluding hydrogens is 246 g/mol. The van der Waals surface area contributed by atoms with Crippen molar-refractivity contribution >= 4 is 23.2 Å². The maximum Gasteiger partial charge on any atom is 0.271 e. The van der Waals surface area contributed by atoms with E-state index in [4.69, 9.17) is 11.6 Å². The van der Waals surface area contributed by atoms with Gasteiger partial charge < -0.3 is 10.6 Å². The molecule has 0 aliphatic carbocycles. The molecule has 17 heavy (non-hydrogen) atoms. The van der Waals surface area contributed by atoms with Crippen molar-refractivity contribution in [3.05, 3.63) is 38.9 Å². The predicted octanol–water partition coefficient (Wildman–Crippen LogP) is 0.950. The SMILES string of the molecule is O=C(NC1CNC1)c1cc(Cl)cc([N+](=O)[O-])c1. The zero-order valence-corrected chi connectivity index (χ0v) is 9.53. The molecule has 0 unspecified atom stereocenters. The van der Waals surface area contributed by atoms with Gasteiger partial charge in [-0.1, -0.05) is 11.6 Å². The van der Waals surface area contributed by atoms with Gasteiger partial charge in [-0.05, 0) is 6.07 Å². The zero-order valence-electron chi connectivity index (χ0n) is 8.77. The number of carbonyl (C=O) groups excluding carboxylic acids is 1. The van der Waals surface area contributed by atoms with Gasteiger partial charge >= 0.3 is 0 Å². The summed E-state index contributed by atoms with van der Waals surface area (Å²) in [5.41, 5.74) is 0.0190. The van der Waals surface area contributed by atoms with Gasteiger partial charge in [0.05, 0.1) is 11.0 Å². The molecule has 0 radical (unpaired) electrons. The maximum absolute atomic E-state index is 11.8. The molecule has 0 spiro atoms. The Bertz CT molecular complexity index is 474. The Morgan fingerprint density at radius 2 is 2.18 bits per heavy atom. The van der Waals surface area contributed by atoms with Crippen LogP contribution in [0.25, 0.3) is 0 Å². The molecule has 1 aliphatic heterocycles. The van der Waals surface area contributed by atoms with E-state index in [0.717, 1.165) is 0 Å². The lowest BCUT2D eigenvalue weighted by Gasteiger charge is -2.27. The van der Waals surface area contributed by atoms with Crippen molar-refractivity contribution in [1.29, 1.82) is 0 Å². The molecule has 0 aromatic heterocycles. The second kappa shape index (κ2) is 4.68. The molecule has 2 N–H and O–H groups in total. The molecule has 0 atom stereocenters. The minimum absolute atomic E-state index is 0.0838. The predicted molar refractivity (Wildman–Crippen MR) is 62.2 cm³/mol. The van der Waals surface area contributed by atoms with Crippen LogP contribution in [0.1, 0.15) is 10.4 Å². The summed E-state index contributed by atoms with van der Waals surface area (Å²) >= 11 is 5.73. The molecule has 6 nitrogen and oxygen atoms in total. The molecule has 1 heterocycles. The Morgan fingerprint density at radius 3 is 2.71 bits per heavy atom. The van der Waals surface area contributed by atoms with Crippen LogP contribution in [0.4, 0.5) is 5.69 Å². The third kappa shape index (κ3) is 2.72. The van der Waals surface area contributed by atoms with Crippen molar-refractivity contribution in [1.82, 2.24) is 10.6 Å². The van der Waals surface area contributed by atoms with Crippen LogP contribution in [-0.2, 0) is 0 Å². The van der Waals surface area contributed by atoms with Gasteiger partial charge in [0.25, 0.3) is 11.6 Å². The fourth-order valence-corrected chi connectivity index (χ4v) is 1.70. The number of amides is 1. The number of nitrogens with one attached hydrogen (secondary N) is 2. The largest absolute Gasteiger partial charge is 0.347 e. The normalized spacial score (nSPS) is 15.1. The molecule has 1 aromatic carbocycles. The van der Waals surface area contributed by atoms with E-state index >= 15 is 0 Å². The number of carbonyl (C=O) groups is 1. The van der Waals surface area contributed by atoms with E-state index in [-0.39, 0.29) is 28.2 Å². The monoisotopic (exact) mass is 255 g/mol. The smallest absolute Gasteiger partial charge is 0.271 e. The van der Waals surface area contributed by atoms with Gasteiger partial charge in [0, 0.05) is 35.8 Å². The number of hydrogen-bond donors (Lipinski definition) is 2. The van der Waals surface area contributed by atoms with Gasteiger partial charge in [-0.15, -0.1) is 0 Å². The summed E-state index contributed by atoms with van der Waals surface area (Å²) in [7, 11) is 0. The van der Waals surface area contributed by atoms with Gasteiger partial charge in [-0.3, -0.25) is 14.9 Å². The van der Waals surface area contributed by atoms with Crippen molar-refractivity contribution < 1.29 is 9.72 Å². The van der Waals surface area contributed by atoms with Crippen LogP contribution in [0.5, 0.6) is 0 Å². The number of benzene rings is 1. The second-order valence-corrected chi connectivity index (χ2v) is 4.22. The number of nitro groups is 1. The average Bonchev–Trinajstić information content (AvgIpc) is 2.22. The molecule has 1 amide bonds. The summed E-state index contributed by atoms with van der Waals surface area (Å²) < 4.78 is 0. The molecule has 1 saturated heterocycles. The lowest BCUT2D eigenvalue weighted by atomic mass is 10.1. The highest BCUT2D eigenvalue weighted by atomic mass is 35.5. The molecule has 2 rings (SSSR count). The van der Waals surface area contributed by atoms with E-state index in [2.05, 4.69) is 10.6 Å². The fourth-order valence-electron chi connectivity index (χ4n) is 1.47. The van der Waals surface area contributed by atoms with Crippen LogP contribution in [0.15, 0.2) is 18.2 Å². The van der Waals surface area contributed by atoms with Gasteiger partial charge in [-0.25, -0.2) is 0 Å². The molecule has 1 aromatic rings. The zero-order chi connectivity index (χ0) is 12.4. The first kappa shape index (κ1) is 11.8. The highest BCUT2D eigenvalue weighted by Gasteiger charge is 2.21. The standard InChI is InChI=1S/C10H10ClN3O3/c11-7-1-6(2-9(3-7)14(16)17)10(15)13-8-4-12-5-8/h1-3,8,12H,4-5H2,(H,13,15). The number of hydrogen-bond acceptors (Lipinski definition) is 4. The van der Waals surface area contributed by atoms with E-state index in [1.54, 1.807) is 0 Å². The van der Waals surface area contributed by atoms with Gasteiger partial charge in [0.1, 0.15) is 0 Å². The quantitative estimate of drug-likeness (QED) is 0.622. The Kier molecular flexibility index (Phi) is 3.26. The second-order valence-electron chi connectivity index (χ2n) is 3.78. The summed E-state index contributed by atoms with van der Waals surface area (Å²) in [5.74, 6) is -0.345. The maximum atomic E-state index is 11.8. The first-order valence-electron chi connectivity index (χ1n) is 5.03. The fraction of sp³-hybridized carbons (Fsp3) is 0.300. The Balaban J connectivity index is 2.18. The summed E-state index contributed by atoms with van der Waals surface area (Å²) in [6.07, 6.45) is 0. The minimum Gasteiger partial charge on any atom is -0.347 e. The molecule has 1 fully saturated rings. The number of halogens is 1. The van der Waals surface area contributed by atoms with Crippen LogP contribution >= 0.6 is 11.6 Å². The van der Waals surface area contributed by atoms with E-state index in [0.29, 0.717) is 13.1 Å². The minimum atomic E-state index is -0.576. The number of rotatable bonds is 3. The lowest BCUT2D eigenvalue weighted by molar-refractivity contribution is -0.384. The lowest BCUT2D eigenvalue weighted by Crippen LogP contribution is -2.56. The van der Waals surface area contributed by atoms with Crippen molar-refractivity contribution in [2.75, 3.05) is 13.1 Å². The topological polar surface area (TPSA) is 84.3 Å². The van der Waals surface area contributed by atoms with Crippen LogP contribution in [0, 0.1) is 10.1 Å². The summed E-state index contributed by atoms with van der Waals surface area (Å²) in [5, 5.41) is 16.6. The highest BCUT2D eigenvalue weighted by Crippen LogP contribution is 2.20. The summed E-state index contributed by atoms with van der Waals surface area (Å²) in [4.78, 5) is 21.8. The molecule has 0 bridgehead atoms. The Labute approximate surface area is 102 Å². The average molecular weight is 256 g/mol. The van der Waals surface area contributed by atoms with Crippen molar-refractivity contribution in [3.63, 3.8) is 0 Å². The van der Waals surface area contributed by atoms with Gasteiger partial charge in [0.15, 0.2) is 0 Å². The first-order valence-corrected chi connectivity index (χ1v) is 5.40. The van der Waals surface area contributed by atoms with Crippen molar-refractivity contribution in [2.24, 2.45) is 0 Å². The number of nitro benzene ring substituents is 1. The Morgan fingerprint density at radius 1 is 1.47 bits per heavy atom. The van der Waals surface area contributed by atoms with Gasteiger partial charge in [-0.2, -0.15) is 0 Å². The van der Waals surface area contributed by atoms with E-state index in [1.165, 1.54) is 18.2 Å². The van der Waals surface area contributed by atoms with E-state index < -0.39 is 4.92 Å². The Hall–Kier alpha value is -1.66.